The van der Waals surface area contributed by atoms with Crippen LogP contribution >= 0.6 is 0 Å². The van der Waals surface area contributed by atoms with Crippen LogP contribution in [0.1, 0.15) is 31.9 Å². The molecule has 1 fully saturated rings. The average Bonchev–Trinajstić information content (AvgIpc) is 3.41. The molecule has 2 aliphatic rings. The monoisotopic (exact) mass is 517 g/mol. The number of aryl methyl sites for hydroxylation is 1. The molecule has 0 radical (unpaired) electrons. The summed E-state index contributed by atoms with van der Waals surface area (Å²) < 4.78 is 56.2. The quantitative estimate of drug-likeness (QED) is 0.375. The van der Waals surface area contributed by atoms with E-state index >= 15 is 4.39 Å². The van der Waals surface area contributed by atoms with Crippen LogP contribution in [0.2, 0.25) is 0 Å². The lowest BCUT2D eigenvalue weighted by Gasteiger charge is -2.27. The zero-order valence-electron chi connectivity index (χ0n) is 19.6. The summed E-state index contributed by atoms with van der Waals surface area (Å²) in [5.41, 5.74) is 5.67. The Bertz CT molecular complexity index is 1350. The van der Waals surface area contributed by atoms with Crippen molar-refractivity contribution in [3.63, 3.8) is 0 Å². The highest BCUT2D eigenvalue weighted by molar-refractivity contribution is 5.78. The van der Waals surface area contributed by atoms with Gasteiger partial charge in [0.15, 0.2) is 0 Å². The number of anilines is 3. The molecule has 1 aromatic carbocycles. The van der Waals surface area contributed by atoms with Crippen molar-refractivity contribution >= 4 is 23.2 Å². The van der Waals surface area contributed by atoms with E-state index in [1.807, 2.05) is 6.92 Å². The number of halogens is 4. The van der Waals surface area contributed by atoms with E-state index in [2.05, 4.69) is 25.5 Å². The molecule has 0 bridgehead atoms. The van der Waals surface area contributed by atoms with Gasteiger partial charge in [-0.3, -0.25) is 14.7 Å². The number of aromatic amines is 1. The van der Waals surface area contributed by atoms with Gasteiger partial charge in [-0.1, -0.05) is 13.0 Å². The molecule has 0 saturated heterocycles. The number of nitrogens with one attached hydrogen (secondary N) is 2. The van der Waals surface area contributed by atoms with E-state index in [0.717, 1.165) is 16.4 Å². The molecule has 13 heteroatoms. The first kappa shape index (κ1) is 24.7. The molecule has 1 atom stereocenters. The average molecular weight is 517 g/mol. The standard InChI is InChI=1S/C24H23F4N7O2/c1-2-17-18(12-32-34-17)33-22-30-10-14(11-31-22)13-3-4-19(16(25)7-13)35-15(9-21(29)36)8-20(37-35)23(5-6-23)24(26,27)28/h3-4,7-8,10-12,20H,2,5-6,9H2,1H3,(H2,29,36)(H,32,34)(H,30,31,33). The van der Waals surface area contributed by atoms with Gasteiger partial charge in [-0.15, -0.1) is 0 Å². The Labute approximate surface area is 208 Å². The Morgan fingerprint density at radius 1 is 1.27 bits per heavy atom. The predicted molar refractivity (Wildman–Crippen MR) is 126 cm³/mol. The first-order valence-corrected chi connectivity index (χ1v) is 11.6. The molecule has 1 saturated carbocycles. The van der Waals surface area contributed by atoms with Crippen LogP contribution in [0.25, 0.3) is 11.1 Å². The first-order valence-electron chi connectivity index (χ1n) is 11.6. The Kier molecular flexibility index (Phi) is 6.10. The van der Waals surface area contributed by atoms with Crippen LogP contribution in [0.4, 0.5) is 34.9 Å². The largest absolute Gasteiger partial charge is 0.397 e. The normalized spacial score (nSPS) is 18.6. The fourth-order valence-corrected chi connectivity index (χ4v) is 4.31. The van der Waals surface area contributed by atoms with Gasteiger partial charge in [0.05, 0.1) is 28.9 Å². The Hall–Kier alpha value is -4.00. The maximum absolute atomic E-state index is 15.2. The number of alkyl halides is 3. The number of H-pyrrole nitrogens is 1. The van der Waals surface area contributed by atoms with Gasteiger partial charge in [-0.25, -0.2) is 19.4 Å². The fourth-order valence-electron chi connectivity index (χ4n) is 4.31. The Balaban J connectivity index is 1.37. The SMILES string of the molecule is CCc1n[nH]cc1Nc1ncc(-c2ccc(N3OC(C4(C(F)(F)F)CC4)C=C3CC(N)=O)c(F)c2)cn1. The molecule has 2 aromatic heterocycles. The third kappa shape index (κ3) is 4.61. The summed E-state index contributed by atoms with van der Waals surface area (Å²) in [6.07, 6.45) is 0.142. The summed E-state index contributed by atoms with van der Waals surface area (Å²) in [5, 5.41) is 10.9. The second-order valence-corrected chi connectivity index (χ2v) is 8.96. The topological polar surface area (TPSA) is 122 Å². The molecule has 37 heavy (non-hydrogen) atoms. The van der Waals surface area contributed by atoms with E-state index < -0.39 is 35.8 Å². The number of rotatable bonds is 8. The van der Waals surface area contributed by atoms with E-state index in [1.165, 1.54) is 30.6 Å². The molecular weight excluding hydrogens is 494 g/mol. The minimum Gasteiger partial charge on any atom is -0.369 e. The van der Waals surface area contributed by atoms with Gasteiger partial charge in [-0.05, 0) is 43.0 Å². The number of carbonyl (C=O) groups excluding carboxylic acids is 1. The van der Waals surface area contributed by atoms with Crippen molar-refractivity contribution < 1.29 is 27.2 Å². The predicted octanol–water partition coefficient (Wildman–Crippen LogP) is 4.53. The zero-order valence-corrected chi connectivity index (χ0v) is 19.6. The van der Waals surface area contributed by atoms with Crippen LogP contribution in [0.15, 0.2) is 48.6 Å². The summed E-state index contributed by atoms with van der Waals surface area (Å²) in [4.78, 5) is 25.6. The second-order valence-electron chi connectivity index (χ2n) is 8.96. The number of hydroxylamine groups is 1. The van der Waals surface area contributed by atoms with Crippen molar-refractivity contribution in [2.45, 2.75) is 44.9 Å². The van der Waals surface area contributed by atoms with Crippen molar-refractivity contribution in [3.8, 4) is 11.1 Å². The van der Waals surface area contributed by atoms with Crippen molar-refractivity contribution in [3.05, 3.63) is 60.1 Å². The third-order valence-corrected chi connectivity index (χ3v) is 6.53. The van der Waals surface area contributed by atoms with E-state index in [4.69, 9.17) is 10.6 Å². The molecule has 1 amide bonds. The van der Waals surface area contributed by atoms with Gasteiger partial charge in [-0.2, -0.15) is 18.3 Å². The molecule has 1 aliphatic carbocycles. The Morgan fingerprint density at radius 3 is 2.59 bits per heavy atom. The molecule has 0 spiro atoms. The number of carbonyl (C=O) groups is 1. The highest BCUT2D eigenvalue weighted by Crippen LogP contribution is 2.62. The van der Waals surface area contributed by atoms with E-state index in [9.17, 15) is 18.0 Å². The van der Waals surface area contributed by atoms with Crippen LogP contribution in [0, 0.1) is 11.2 Å². The zero-order chi connectivity index (χ0) is 26.4. The van der Waals surface area contributed by atoms with E-state index in [1.54, 1.807) is 12.3 Å². The van der Waals surface area contributed by atoms with Gasteiger partial charge in [0.1, 0.15) is 17.6 Å². The molecule has 1 aliphatic heterocycles. The van der Waals surface area contributed by atoms with Crippen LogP contribution < -0.4 is 16.1 Å². The lowest BCUT2D eigenvalue weighted by atomic mass is 9.97. The molecule has 5 rings (SSSR count). The second kappa shape index (κ2) is 9.14. The molecule has 3 heterocycles. The van der Waals surface area contributed by atoms with Crippen LogP contribution in [0.3, 0.4) is 0 Å². The molecule has 4 N–H and O–H groups in total. The van der Waals surface area contributed by atoms with Gasteiger partial charge in [0.25, 0.3) is 0 Å². The smallest absolute Gasteiger partial charge is 0.369 e. The minimum atomic E-state index is -4.50. The Morgan fingerprint density at radius 2 is 2.00 bits per heavy atom. The minimum absolute atomic E-state index is 0.0594. The third-order valence-electron chi connectivity index (χ3n) is 6.53. The number of benzene rings is 1. The van der Waals surface area contributed by atoms with Gasteiger partial charge >= 0.3 is 6.18 Å². The number of nitrogens with zero attached hydrogens (tertiary/aromatic N) is 4. The maximum Gasteiger partial charge on any atom is 0.397 e. The van der Waals surface area contributed by atoms with Crippen LogP contribution in [0.5, 0.6) is 0 Å². The lowest BCUT2D eigenvalue weighted by molar-refractivity contribution is -0.212. The fraction of sp³-hybridized carbons (Fsp3) is 0.333. The maximum atomic E-state index is 15.2. The summed E-state index contributed by atoms with van der Waals surface area (Å²) >= 11 is 0. The van der Waals surface area contributed by atoms with Gasteiger partial charge in [0, 0.05) is 24.2 Å². The molecule has 194 valence electrons. The molecule has 1 unspecified atom stereocenters. The first-order chi connectivity index (χ1) is 17.6. The molecule has 3 aromatic rings. The highest BCUT2D eigenvalue weighted by atomic mass is 19.4. The van der Waals surface area contributed by atoms with Crippen LogP contribution in [-0.4, -0.2) is 38.4 Å². The number of aromatic nitrogens is 4. The van der Waals surface area contributed by atoms with E-state index in [-0.39, 0.29) is 24.2 Å². The van der Waals surface area contributed by atoms with Crippen molar-refractivity contribution in [2.75, 3.05) is 10.4 Å². The van der Waals surface area contributed by atoms with Crippen molar-refractivity contribution in [2.24, 2.45) is 11.1 Å². The van der Waals surface area contributed by atoms with Gasteiger partial charge < -0.3 is 11.1 Å². The van der Waals surface area contributed by atoms with Crippen molar-refractivity contribution in [1.82, 2.24) is 20.2 Å². The number of hydrogen-bond acceptors (Lipinski definition) is 7. The number of primary amides is 1. The summed E-state index contributed by atoms with van der Waals surface area (Å²) in [5.74, 6) is -1.21. The summed E-state index contributed by atoms with van der Waals surface area (Å²) in [6, 6.07) is 4.12. The van der Waals surface area contributed by atoms with Crippen LogP contribution in [-0.2, 0) is 16.1 Å². The summed E-state index contributed by atoms with van der Waals surface area (Å²) in [6.45, 7) is 1.96. The van der Waals surface area contributed by atoms with Gasteiger partial charge in [0.2, 0.25) is 11.9 Å². The summed E-state index contributed by atoms with van der Waals surface area (Å²) in [7, 11) is 0. The number of amides is 1. The molecule has 9 nitrogen and oxygen atoms in total. The van der Waals surface area contributed by atoms with Crippen molar-refractivity contribution in [1.29, 1.82) is 0 Å². The number of hydrogen-bond donors (Lipinski definition) is 3. The highest BCUT2D eigenvalue weighted by Gasteiger charge is 2.69. The number of nitrogens with two attached hydrogens (primary N) is 1. The molecular formula is C24H23F4N7O2. The lowest BCUT2D eigenvalue weighted by Crippen LogP contribution is -2.37. The van der Waals surface area contributed by atoms with E-state index in [0.29, 0.717) is 23.5 Å².